The molecule has 0 aliphatic carbocycles. The van der Waals surface area contributed by atoms with E-state index in [9.17, 15) is 9.18 Å². The summed E-state index contributed by atoms with van der Waals surface area (Å²) in [4.78, 5) is 15.9. The van der Waals surface area contributed by atoms with Crippen molar-refractivity contribution >= 4 is 17.7 Å². The zero-order valence-corrected chi connectivity index (χ0v) is 14.1. The molecule has 1 aliphatic rings. The Hall–Kier alpha value is -3.68. The number of aromatic nitrogens is 3. The van der Waals surface area contributed by atoms with Crippen molar-refractivity contribution in [1.29, 1.82) is 0 Å². The van der Waals surface area contributed by atoms with Gasteiger partial charge in [-0.15, -0.1) is 0 Å². The minimum absolute atomic E-state index is 0.248. The minimum atomic E-state index is -0.519. The average molecular weight is 366 g/mol. The largest absolute Gasteiger partial charge is 0.486 e. The maximum Gasteiger partial charge on any atom is 0.248 e. The summed E-state index contributed by atoms with van der Waals surface area (Å²) in [6, 6.07) is 9.76. The molecule has 0 saturated carbocycles. The number of anilines is 1. The number of amides is 1. The predicted molar refractivity (Wildman–Crippen MR) is 96.4 cm³/mol. The van der Waals surface area contributed by atoms with Crippen LogP contribution >= 0.6 is 0 Å². The van der Waals surface area contributed by atoms with E-state index in [4.69, 9.17) is 9.47 Å². The van der Waals surface area contributed by atoms with Gasteiger partial charge in [0.2, 0.25) is 5.91 Å². The van der Waals surface area contributed by atoms with Gasteiger partial charge in [0.05, 0.1) is 0 Å². The molecule has 1 aliphatic heterocycles. The summed E-state index contributed by atoms with van der Waals surface area (Å²) in [5.74, 6) is 0.437. The van der Waals surface area contributed by atoms with E-state index in [2.05, 4.69) is 15.4 Å². The SMILES string of the molecule is O=C(C=Cc1ccc2c(c1)OCCO2)Nc1ccc(-n2cncn2)c(F)c1. The van der Waals surface area contributed by atoms with Gasteiger partial charge in [-0.25, -0.2) is 14.1 Å². The Bertz CT molecular complexity index is 1000. The van der Waals surface area contributed by atoms with Crippen LogP contribution < -0.4 is 14.8 Å². The van der Waals surface area contributed by atoms with Crippen LogP contribution in [0.1, 0.15) is 5.56 Å². The van der Waals surface area contributed by atoms with Crippen LogP contribution in [0.5, 0.6) is 11.5 Å². The monoisotopic (exact) mass is 366 g/mol. The lowest BCUT2D eigenvalue weighted by atomic mass is 10.2. The Labute approximate surface area is 154 Å². The summed E-state index contributed by atoms with van der Waals surface area (Å²) in [6.07, 6.45) is 5.73. The van der Waals surface area contributed by atoms with Crippen molar-refractivity contribution in [1.82, 2.24) is 14.8 Å². The van der Waals surface area contributed by atoms with Crippen LogP contribution in [-0.2, 0) is 4.79 Å². The zero-order valence-electron chi connectivity index (χ0n) is 14.1. The van der Waals surface area contributed by atoms with Crippen molar-refractivity contribution in [2.24, 2.45) is 0 Å². The molecule has 0 unspecified atom stereocenters. The molecule has 8 heteroatoms. The molecule has 7 nitrogen and oxygen atoms in total. The van der Waals surface area contributed by atoms with Gasteiger partial charge < -0.3 is 14.8 Å². The van der Waals surface area contributed by atoms with E-state index in [1.807, 2.05) is 6.07 Å². The molecular formula is C19H15FN4O3. The third-order valence-electron chi connectivity index (χ3n) is 3.87. The molecule has 0 saturated heterocycles. The Morgan fingerprint density at radius 3 is 2.78 bits per heavy atom. The number of carbonyl (C=O) groups excluding carboxylic acids is 1. The number of hydrogen-bond donors (Lipinski definition) is 1. The van der Waals surface area contributed by atoms with E-state index in [0.29, 0.717) is 30.4 Å². The summed E-state index contributed by atoms with van der Waals surface area (Å²) in [5.41, 5.74) is 1.38. The lowest BCUT2D eigenvalue weighted by molar-refractivity contribution is -0.111. The molecule has 0 bridgehead atoms. The fraction of sp³-hybridized carbons (Fsp3) is 0.105. The second-order valence-electron chi connectivity index (χ2n) is 5.73. The third kappa shape index (κ3) is 3.79. The first kappa shape index (κ1) is 16.8. The van der Waals surface area contributed by atoms with Gasteiger partial charge in [-0.2, -0.15) is 5.10 Å². The van der Waals surface area contributed by atoms with Gasteiger partial charge in [-0.05, 0) is 42.0 Å². The second-order valence-corrected chi connectivity index (χ2v) is 5.73. The summed E-state index contributed by atoms with van der Waals surface area (Å²) < 4.78 is 26.5. The van der Waals surface area contributed by atoms with Crippen LogP contribution in [0, 0.1) is 5.82 Å². The number of nitrogens with one attached hydrogen (secondary N) is 1. The van der Waals surface area contributed by atoms with Crippen LogP contribution in [0.3, 0.4) is 0 Å². The molecule has 0 spiro atoms. The van der Waals surface area contributed by atoms with Gasteiger partial charge in [-0.1, -0.05) is 6.07 Å². The number of rotatable bonds is 4. The summed E-state index contributed by atoms with van der Waals surface area (Å²) in [6.45, 7) is 1.02. The van der Waals surface area contributed by atoms with E-state index in [1.165, 1.54) is 35.5 Å². The zero-order chi connectivity index (χ0) is 18.6. The van der Waals surface area contributed by atoms with Gasteiger partial charge in [0, 0.05) is 11.8 Å². The number of ether oxygens (including phenoxy) is 2. The topological polar surface area (TPSA) is 78.3 Å². The van der Waals surface area contributed by atoms with Gasteiger partial charge in [0.25, 0.3) is 0 Å². The minimum Gasteiger partial charge on any atom is -0.486 e. The molecule has 136 valence electrons. The molecule has 1 aromatic heterocycles. The molecule has 0 atom stereocenters. The standard InChI is InChI=1S/C19H15FN4O3/c20-15-10-14(3-4-16(15)24-12-21-11-22-24)23-19(25)6-2-13-1-5-17-18(9-13)27-8-7-26-17/h1-6,9-12H,7-8H2,(H,23,25). The van der Waals surface area contributed by atoms with Crippen LogP contribution in [0.15, 0.2) is 55.1 Å². The number of benzene rings is 2. The maximum absolute atomic E-state index is 14.2. The lowest BCUT2D eigenvalue weighted by Gasteiger charge is -2.18. The molecule has 0 fully saturated rings. The van der Waals surface area contributed by atoms with Crippen molar-refractivity contribution in [2.75, 3.05) is 18.5 Å². The van der Waals surface area contributed by atoms with Crippen molar-refractivity contribution in [3.63, 3.8) is 0 Å². The molecule has 3 aromatic rings. The number of hydrogen-bond acceptors (Lipinski definition) is 5. The lowest BCUT2D eigenvalue weighted by Crippen LogP contribution is -2.15. The van der Waals surface area contributed by atoms with E-state index in [-0.39, 0.29) is 11.6 Å². The first-order valence-electron chi connectivity index (χ1n) is 8.22. The Balaban J connectivity index is 1.43. The van der Waals surface area contributed by atoms with E-state index in [0.717, 1.165) is 5.56 Å². The van der Waals surface area contributed by atoms with Crippen LogP contribution in [0.25, 0.3) is 11.8 Å². The van der Waals surface area contributed by atoms with Gasteiger partial charge in [0.15, 0.2) is 17.3 Å². The van der Waals surface area contributed by atoms with Crippen LogP contribution in [0.4, 0.5) is 10.1 Å². The molecule has 0 radical (unpaired) electrons. The summed E-state index contributed by atoms with van der Waals surface area (Å²) >= 11 is 0. The molecular weight excluding hydrogens is 351 g/mol. The maximum atomic E-state index is 14.2. The fourth-order valence-corrected chi connectivity index (χ4v) is 2.62. The summed E-state index contributed by atoms with van der Waals surface area (Å²) in [7, 11) is 0. The predicted octanol–water partition coefficient (Wildman–Crippen LogP) is 2.83. The van der Waals surface area contributed by atoms with Gasteiger partial charge in [0.1, 0.15) is 31.6 Å². The Morgan fingerprint density at radius 1 is 1.15 bits per heavy atom. The van der Waals surface area contributed by atoms with Gasteiger partial charge in [-0.3, -0.25) is 4.79 Å². The molecule has 1 amide bonds. The normalized spacial score (nSPS) is 12.9. The van der Waals surface area contributed by atoms with Crippen molar-refractivity contribution in [3.05, 3.63) is 66.5 Å². The van der Waals surface area contributed by atoms with E-state index in [1.54, 1.807) is 24.3 Å². The smallest absolute Gasteiger partial charge is 0.248 e. The second kappa shape index (κ2) is 7.28. The van der Waals surface area contributed by atoms with Crippen molar-refractivity contribution < 1.29 is 18.7 Å². The third-order valence-corrected chi connectivity index (χ3v) is 3.87. The highest BCUT2D eigenvalue weighted by Crippen LogP contribution is 2.31. The number of carbonyl (C=O) groups is 1. The van der Waals surface area contributed by atoms with Crippen molar-refractivity contribution in [3.8, 4) is 17.2 Å². The highest BCUT2D eigenvalue weighted by Gasteiger charge is 2.11. The summed E-state index contributed by atoms with van der Waals surface area (Å²) in [5, 5.41) is 6.50. The highest BCUT2D eigenvalue weighted by molar-refractivity contribution is 6.02. The van der Waals surface area contributed by atoms with Crippen LogP contribution in [0.2, 0.25) is 0 Å². The van der Waals surface area contributed by atoms with Crippen LogP contribution in [-0.4, -0.2) is 33.9 Å². The highest BCUT2D eigenvalue weighted by atomic mass is 19.1. The van der Waals surface area contributed by atoms with E-state index < -0.39 is 5.82 Å². The van der Waals surface area contributed by atoms with E-state index >= 15 is 0 Å². The average Bonchev–Trinajstić information content (AvgIpc) is 3.21. The number of fused-ring (bicyclic) bond motifs is 1. The van der Waals surface area contributed by atoms with Gasteiger partial charge >= 0.3 is 0 Å². The molecule has 2 aromatic carbocycles. The number of nitrogens with zero attached hydrogens (tertiary/aromatic N) is 3. The molecule has 27 heavy (non-hydrogen) atoms. The molecule has 4 rings (SSSR count). The number of halogens is 1. The molecule has 1 N–H and O–H groups in total. The van der Waals surface area contributed by atoms with Crippen molar-refractivity contribution in [2.45, 2.75) is 0 Å². The Morgan fingerprint density at radius 2 is 2.00 bits per heavy atom. The fourth-order valence-electron chi connectivity index (χ4n) is 2.62. The molecule has 2 heterocycles. The first-order valence-corrected chi connectivity index (χ1v) is 8.22. The Kier molecular flexibility index (Phi) is 4.52. The first-order chi connectivity index (χ1) is 13.2. The quantitative estimate of drug-likeness (QED) is 0.719.